The van der Waals surface area contributed by atoms with Crippen molar-refractivity contribution < 1.29 is 4.79 Å². The minimum absolute atomic E-state index is 0.0653. The number of aromatic nitrogens is 2. The van der Waals surface area contributed by atoms with Gasteiger partial charge in [-0.2, -0.15) is 10.2 Å². The molecule has 5 nitrogen and oxygen atoms in total. The number of carbonyl (C=O) groups is 1. The molecule has 0 spiro atoms. The zero-order chi connectivity index (χ0) is 13.0. The van der Waals surface area contributed by atoms with Gasteiger partial charge in [0.15, 0.2) is 0 Å². The number of nitrogens with zero attached hydrogens (tertiary/aromatic N) is 2. The molecule has 92 valence electrons. The average molecular weight is 242 g/mol. The summed E-state index contributed by atoms with van der Waals surface area (Å²) in [7, 11) is 0. The van der Waals surface area contributed by atoms with Gasteiger partial charge in [0.1, 0.15) is 0 Å². The maximum Gasteiger partial charge on any atom is 0.257 e. The summed E-state index contributed by atoms with van der Waals surface area (Å²) >= 11 is 0. The van der Waals surface area contributed by atoms with E-state index in [1.807, 2.05) is 31.2 Å². The first-order valence-corrected chi connectivity index (χ1v) is 5.60. The molecule has 0 fully saturated rings. The molecule has 1 unspecified atom stereocenters. The van der Waals surface area contributed by atoms with E-state index in [0.29, 0.717) is 11.3 Å². The van der Waals surface area contributed by atoms with E-state index in [4.69, 9.17) is 5.73 Å². The van der Waals surface area contributed by atoms with Crippen LogP contribution in [0.2, 0.25) is 0 Å². The van der Waals surface area contributed by atoms with Crippen molar-refractivity contribution in [1.82, 2.24) is 10.2 Å². The Balaban J connectivity index is 2.15. The van der Waals surface area contributed by atoms with Crippen LogP contribution >= 0.6 is 0 Å². The first kappa shape index (κ1) is 12.2. The number of carbonyl (C=O) groups excluding carboxylic acids is 1. The Morgan fingerprint density at radius 2 is 2.17 bits per heavy atom. The summed E-state index contributed by atoms with van der Waals surface area (Å²) in [5, 5.41) is 10.1. The molecule has 1 aromatic heterocycles. The molecule has 2 rings (SSSR count). The van der Waals surface area contributed by atoms with Gasteiger partial charge >= 0.3 is 0 Å². The summed E-state index contributed by atoms with van der Waals surface area (Å²) in [5.74, 6) is -0.216. The van der Waals surface area contributed by atoms with Gasteiger partial charge in [0.2, 0.25) is 0 Å². The Morgan fingerprint density at radius 3 is 2.83 bits per heavy atom. The molecule has 0 aliphatic carbocycles. The Kier molecular flexibility index (Phi) is 3.64. The van der Waals surface area contributed by atoms with E-state index in [-0.39, 0.29) is 11.9 Å². The largest absolute Gasteiger partial charge is 0.324 e. The Hall–Kier alpha value is -2.27. The Morgan fingerprint density at radius 1 is 1.33 bits per heavy atom. The van der Waals surface area contributed by atoms with E-state index < -0.39 is 0 Å². The third-order valence-corrected chi connectivity index (χ3v) is 2.52. The van der Waals surface area contributed by atoms with E-state index >= 15 is 0 Å². The molecule has 0 bridgehead atoms. The highest BCUT2D eigenvalue weighted by atomic mass is 16.1. The minimum atomic E-state index is -0.216. The van der Waals surface area contributed by atoms with Crippen molar-refractivity contribution in [2.45, 2.75) is 13.0 Å². The molecule has 0 aliphatic heterocycles. The van der Waals surface area contributed by atoms with Crippen molar-refractivity contribution in [2.75, 3.05) is 5.32 Å². The molecule has 0 radical (unpaired) electrons. The van der Waals surface area contributed by atoms with Crippen LogP contribution < -0.4 is 11.1 Å². The summed E-state index contributed by atoms with van der Waals surface area (Å²) < 4.78 is 0. The fourth-order valence-electron chi connectivity index (χ4n) is 1.53. The number of hydrogen-bond donors (Lipinski definition) is 2. The van der Waals surface area contributed by atoms with Crippen molar-refractivity contribution in [3.05, 3.63) is 53.9 Å². The van der Waals surface area contributed by atoms with Crippen molar-refractivity contribution in [2.24, 2.45) is 5.73 Å². The fourth-order valence-corrected chi connectivity index (χ4v) is 1.53. The number of nitrogens with one attached hydrogen (secondary N) is 1. The lowest BCUT2D eigenvalue weighted by atomic mass is 10.1. The first-order chi connectivity index (χ1) is 8.66. The summed E-state index contributed by atoms with van der Waals surface area (Å²) in [4.78, 5) is 11.9. The van der Waals surface area contributed by atoms with Crippen molar-refractivity contribution in [3.63, 3.8) is 0 Å². The predicted molar refractivity (Wildman–Crippen MR) is 69.0 cm³/mol. The van der Waals surface area contributed by atoms with Crippen LogP contribution in [0.15, 0.2) is 42.7 Å². The van der Waals surface area contributed by atoms with Crippen LogP contribution in [0.3, 0.4) is 0 Å². The second-order valence-electron chi connectivity index (χ2n) is 4.00. The van der Waals surface area contributed by atoms with Crippen molar-refractivity contribution >= 4 is 11.6 Å². The summed E-state index contributed by atoms with van der Waals surface area (Å²) in [6.45, 7) is 1.90. The lowest BCUT2D eigenvalue weighted by Gasteiger charge is -2.09. The van der Waals surface area contributed by atoms with Gasteiger partial charge in [-0.25, -0.2) is 0 Å². The maximum atomic E-state index is 11.9. The van der Waals surface area contributed by atoms with E-state index in [9.17, 15) is 4.79 Å². The fraction of sp³-hybridized carbons (Fsp3) is 0.154. The third kappa shape index (κ3) is 2.89. The summed E-state index contributed by atoms with van der Waals surface area (Å²) in [5.41, 5.74) is 7.95. The van der Waals surface area contributed by atoms with Crippen LogP contribution in [0.1, 0.15) is 28.9 Å². The van der Waals surface area contributed by atoms with Gasteiger partial charge in [0.05, 0.1) is 18.0 Å². The number of hydrogen-bond acceptors (Lipinski definition) is 4. The quantitative estimate of drug-likeness (QED) is 0.859. The molecule has 1 aromatic carbocycles. The van der Waals surface area contributed by atoms with E-state index in [1.165, 1.54) is 12.4 Å². The molecule has 1 atom stereocenters. The van der Waals surface area contributed by atoms with Crippen LogP contribution in [0, 0.1) is 0 Å². The lowest BCUT2D eigenvalue weighted by molar-refractivity contribution is 0.102. The molecule has 0 saturated heterocycles. The van der Waals surface area contributed by atoms with Crippen LogP contribution in [0.5, 0.6) is 0 Å². The SMILES string of the molecule is CC(N)c1cccc(NC(=O)c2ccnnc2)c1. The zero-order valence-corrected chi connectivity index (χ0v) is 10.00. The highest BCUT2D eigenvalue weighted by molar-refractivity contribution is 6.03. The van der Waals surface area contributed by atoms with Gasteiger partial charge < -0.3 is 11.1 Å². The summed E-state index contributed by atoms with van der Waals surface area (Å²) in [6.07, 6.45) is 2.90. The van der Waals surface area contributed by atoms with Crippen molar-refractivity contribution in [1.29, 1.82) is 0 Å². The molecular weight excluding hydrogens is 228 g/mol. The number of anilines is 1. The van der Waals surface area contributed by atoms with Gasteiger partial charge in [-0.05, 0) is 30.7 Å². The number of amides is 1. The molecule has 2 aromatic rings. The zero-order valence-electron chi connectivity index (χ0n) is 10.00. The van der Waals surface area contributed by atoms with E-state index in [2.05, 4.69) is 15.5 Å². The molecule has 1 heterocycles. The average Bonchev–Trinajstić information content (AvgIpc) is 2.40. The van der Waals surface area contributed by atoms with E-state index in [1.54, 1.807) is 6.07 Å². The standard InChI is InChI=1S/C13H14N4O/c1-9(14)10-3-2-4-12(7-10)17-13(18)11-5-6-15-16-8-11/h2-9H,14H2,1H3,(H,17,18). The number of benzene rings is 1. The topological polar surface area (TPSA) is 80.9 Å². The minimum Gasteiger partial charge on any atom is -0.324 e. The Labute approximate surface area is 105 Å². The maximum absolute atomic E-state index is 11.9. The number of nitrogens with two attached hydrogens (primary N) is 1. The Bertz CT molecular complexity index is 540. The normalized spacial score (nSPS) is 11.9. The summed E-state index contributed by atoms with van der Waals surface area (Å²) in [6, 6.07) is 9.00. The first-order valence-electron chi connectivity index (χ1n) is 5.60. The lowest BCUT2D eigenvalue weighted by Crippen LogP contribution is -2.13. The van der Waals surface area contributed by atoms with E-state index in [0.717, 1.165) is 5.56 Å². The molecule has 5 heteroatoms. The van der Waals surface area contributed by atoms with Crippen molar-refractivity contribution in [3.8, 4) is 0 Å². The van der Waals surface area contributed by atoms with Gasteiger partial charge in [-0.1, -0.05) is 12.1 Å². The smallest absolute Gasteiger partial charge is 0.257 e. The highest BCUT2D eigenvalue weighted by Gasteiger charge is 2.07. The van der Waals surface area contributed by atoms with Crippen LogP contribution in [0.4, 0.5) is 5.69 Å². The van der Waals surface area contributed by atoms with Gasteiger partial charge in [-0.15, -0.1) is 0 Å². The van der Waals surface area contributed by atoms with Gasteiger partial charge in [0, 0.05) is 11.7 Å². The number of rotatable bonds is 3. The van der Waals surface area contributed by atoms with Crippen LogP contribution in [0.25, 0.3) is 0 Å². The molecule has 0 saturated carbocycles. The predicted octanol–water partition coefficient (Wildman–Crippen LogP) is 1.75. The third-order valence-electron chi connectivity index (χ3n) is 2.52. The molecule has 18 heavy (non-hydrogen) atoms. The second-order valence-corrected chi connectivity index (χ2v) is 4.00. The van der Waals surface area contributed by atoms with Crippen LogP contribution in [-0.2, 0) is 0 Å². The molecular formula is C13H14N4O. The van der Waals surface area contributed by atoms with Gasteiger partial charge in [0.25, 0.3) is 5.91 Å². The van der Waals surface area contributed by atoms with Gasteiger partial charge in [-0.3, -0.25) is 4.79 Å². The monoisotopic (exact) mass is 242 g/mol. The molecule has 3 N–H and O–H groups in total. The highest BCUT2D eigenvalue weighted by Crippen LogP contribution is 2.16. The second kappa shape index (κ2) is 5.37. The molecule has 1 amide bonds. The molecule has 0 aliphatic rings. The van der Waals surface area contributed by atoms with Crippen LogP contribution in [-0.4, -0.2) is 16.1 Å².